The first-order valence-corrected chi connectivity index (χ1v) is 14.3. The number of alkyl halides is 40. The molecule has 0 rings (SSSR count). The zero-order valence-corrected chi connectivity index (χ0v) is 26.8. The summed E-state index contributed by atoms with van der Waals surface area (Å²) in [5.41, 5.74) is -8.89. The van der Waals surface area contributed by atoms with Crippen molar-refractivity contribution in [2.75, 3.05) is 0 Å². The lowest BCUT2D eigenvalue weighted by molar-refractivity contribution is -0.492. The van der Waals surface area contributed by atoms with Gasteiger partial charge >= 0.3 is 117 Å². The van der Waals surface area contributed by atoms with Crippen molar-refractivity contribution in [1.29, 1.82) is 0 Å². The lowest BCUT2D eigenvalue weighted by atomic mass is 9.84. The van der Waals surface area contributed by atoms with Crippen LogP contribution in [0.15, 0.2) is 0 Å². The molecule has 0 N–H and O–H groups in total. The highest BCUT2D eigenvalue weighted by atomic mass is 28.4. The van der Waals surface area contributed by atoms with Crippen molar-refractivity contribution in [3.05, 3.63) is 0 Å². The Hall–Kier alpha value is -2.70. The fraction of sp³-hybridized carbons (Fsp3) is 1.00. The lowest BCUT2D eigenvalue weighted by Gasteiger charge is -2.46. The van der Waals surface area contributed by atoms with Crippen LogP contribution in [0.2, 0.25) is 0 Å². The summed E-state index contributed by atoms with van der Waals surface area (Å²) in [5.74, 6) is -121. The molecule has 0 aliphatic rings. The lowest BCUT2D eigenvalue weighted by Crippen LogP contribution is -2.79. The van der Waals surface area contributed by atoms with E-state index < -0.39 is 117 Å². The third-order valence-corrected chi connectivity index (χ3v) is 9.14. The van der Waals surface area contributed by atoms with Crippen molar-refractivity contribution in [3.8, 4) is 0 Å². The van der Waals surface area contributed by atoms with Crippen LogP contribution in [0.5, 0.6) is 0 Å². The molecule has 0 saturated carbocycles. The Morgan fingerprint density at radius 1 is 0.194 bits per heavy atom. The molecular weight excluding hydrogens is 1050 g/mol. The van der Waals surface area contributed by atoms with Gasteiger partial charge in [0.2, 0.25) is 0 Å². The largest absolute Gasteiger partial charge is 0.603 e. The van der Waals surface area contributed by atoms with Gasteiger partial charge in [0, 0.05) is 0 Å². The van der Waals surface area contributed by atoms with Gasteiger partial charge < -0.3 is 4.43 Å². The average Bonchev–Trinajstić information content (AvgIpc) is 2.96. The van der Waals surface area contributed by atoms with Gasteiger partial charge in [-0.25, -0.2) is 0 Å². The Balaban J connectivity index is 8.06. The van der Waals surface area contributed by atoms with E-state index in [4.69, 9.17) is 0 Å². The first-order chi connectivity index (χ1) is 25.9. The molecule has 0 atom stereocenters. The average molecular weight is 1050 g/mol. The molecule has 0 aliphatic heterocycles. The van der Waals surface area contributed by atoms with Gasteiger partial charge in [-0.2, -0.15) is 149 Å². The third-order valence-electron chi connectivity index (χ3n) is 6.56. The van der Waals surface area contributed by atoms with Crippen LogP contribution in [0.4, 0.5) is 176 Å². The van der Waals surface area contributed by atoms with Gasteiger partial charge in [-0.05, 0) is 0 Å². The maximum Gasteiger partial charge on any atom is 0.603 e. The zero-order valence-electron chi connectivity index (χ0n) is 25.8. The third kappa shape index (κ3) is 8.04. The van der Waals surface area contributed by atoms with Crippen LogP contribution in [0.3, 0.4) is 0 Å². The Bertz CT molecular complexity index is 1570. The number of halogens is 40. The molecule has 374 valence electrons. The minimum atomic E-state index is -11.0. The molecule has 44 heteroatoms. The summed E-state index contributed by atoms with van der Waals surface area (Å²) in [6.07, 6.45) is -42.8. The predicted molar refractivity (Wildman–Crippen MR) is 102 cm³/mol. The second-order valence-electron chi connectivity index (χ2n) is 10.7. The van der Waals surface area contributed by atoms with E-state index in [1.165, 1.54) is 0 Å². The van der Waals surface area contributed by atoms with Crippen LogP contribution in [-0.4, -0.2) is 117 Å². The summed E-state index contributed by atoms with van der Waals surface area (Å²) in [5, 5.41) is 0. The molecule has 0 fully saturated rings. The summed E-state index contributed by atoms with van der Waals surface area (Å²) in [7, 11) is -11.0. The molecule has 0 aromatic carbocycles. The van der Waals surface area contributed by atoms with E-state index >= 15 is 0 Å². The Morgan fingerprint density at radius 3 is 0.532 bits per heavy atom. The fourth-order valence-corrected chi connectivity index (χ4v) is 5.23. The minimum Gasteiger partial charge on any atom is -0.304 e. The van der Waals surface area contributed by atoms with Gasteiger partial charge in [0.05, 0.1) is 0 Å². The van der Waals surface area contributed by atoms with Gasteiger partial charge in [-0.3, -0.25) is 8.85 Å². The van der Waals surface area contributed by atoms with Crippen molar-refractivity contribution in [2.24, 2.45) is 0 Å². The Labute approximate surface area is 307 Å². The highest BCUT2D eigenvalue weighted by molar-refractivity contribution is 6.64. The van der Waals surface area contributed by atoms with Gasteiger partial charge in [0.1, 0.15) is 0 Å². The van der Waals surface area contributed by atoms with E-state index in [0.29, 0.717) is 0 Å². The van der Waals surface area contributed by atoms with Crippen molar-refractivity contribution in [2.45, 2.75) is 108 Å². The molecule has 0 spiro atoms. The molecule has 0 unspecified atom stereocenters. The number of rotatable bonds is 17. The second kappa shape index (κ2) is 14.7. The molecule has 0 aliphatic carbocycles. The second-order valence-corrected chi connectivity index (χ2v) is 13.1. The minimum absolute atomic E-state index is 0.970. The summed E-state index contributed by atoms with van der Waals surface area (Å²) in [6, 6.07) is 0. The highest BCUT2D eigenvalue weighted by Gasteiger charge is 3.01. The maximum atomic E-state index is 14.1. The summed E-state index contributed by atoms with van der Waals surface area (Å²) in [6.45, 7) is 0. The number of hydrogen-bond acceptors (Lipinski definition) is 3. The quantitative estimate of drug-likeness (QED) is 0.107. The summed E-state index contributed by atoms with van der Waals surface area (Å²) >= 11 is 0. The van der Waals surface area contributed by atoms with Crippen molar-refractivity contribution in [1.82, 2.24) is 0 Å². The Kier molecular flexibility index (Phi) is 14.0. The van der Waals surface area contributed by atoms with E-state index in [-0.39, 0.29) is 0 Å². The molecule has 0 aromatic heterocycles. The van der Waals surface area contributed by atoms with Crippen molar-refractivity contribution < 1.29 is 189 Å². The number of hydrogen-bond donors (Lipinski definition) is 0. The summed E-state index contributed by atoms with van der Waals surface area (Å²) < 4.78 is 538. The van der Waals surface area contributed by atoms with E-state index in [1.54, 1.807) is 0 Å². The van der Waals surface area contributed by atoms with Gasteiger partial charge in [-0.15, -0.1) is 26.3 Å². The van der Waals surface area contributed by atoms with E-state index in [2.05, 4.69) is 0 Å². The smallest absolute Gasteiger partial charge is 0.304 e. The molecule has 0 bridgehead atoms. The molecule has 0 aromatic rings. The van der Waals surface area contributed by atoms with Crippen LogP contribution in [0.25, 0.3) is 0 Å². The van der Waals surface area contributed by atoms with Crippen LogP contribution < -0.4 is 0 Å². The van der Waals surface area contributed by atoms with E-state index in [0.717, 1.165) is 13.3 Å². The first kappa shape index (κ1) is 59.3. The first-order valence-electron chi connectivity index (χ1n) is 12.5. The molecule has 3 nitrogen and oxygen atoms in total. The molecule has 0 amide bonds. The standard InChI is InChI=1S/C18F40O3Si/c19-1(20,3(23,24)5(27,28)7(31,32)9(35,36)11(39,40)13(43,44)45)2(21,22)4(25,26)6(29,30)8(33,34)10(37,38)12(41,42)15(49,50)59-62(60-17(53,54)55,61-18(56,57)58)16(51,52)14(46,47)48. The fourth-order valence-electron chi connectivity index (χ4n) is 3.30. The van der Waals surface area contributed by atoms with Crippen molar-refractivity contribution >= 4 is 8.80 Å². The van der Waals surface area contributed by atoms with E-state index in [9.17, 15) is 176 Å². The van der Waals surface area contributed by atoms with Crippen LogP contribution in [0, 0.1) is 0 Å². The van der Waals surface area contributed by atoms with Crippen LogP contribution in [0.1, 0.15) is 0 Å². The molecule has 0 saturated heterocycles. The highest BCUT2D eigenvalue weighted by Crippen LogP contribution is 2.69. The van der Waals surface area contributed by atoms with Crippen LogP contribution >= 0.6 is 0 Å². The van der Waals surface area contributed by atoms with Gasteiger partial charge in [0.15, 0.2) is 0 Å². The Morgan fingerprint density at radius 2 is 0.371 bits per heavy atom. The molecule has 0 heterocycles. The predicted octanol–water partition coefficient (Wildman–Crippen LogP) is 12.5. The molecular formula is C18F40O3Si. The van der Waals surface area contributed by atoms with Gasteiger partial charge in [0.25, 0.3) is 0 Å². The molecule has 0 radical (unpaired) electrons. The van der Waals surface area contributed by atoms with Gasteiger partial charge in [-0.1, -0.05) is 0 Å². The SMILES string of the molecule is FC(F)(F)O[Si](OC(F)(F)F)(OC(F)(F)C(F)(F)C(F)(F)C(F)(F)C(F)(F)C(F)(F)C(F)(F)C(F)(F)C(F)(F)C(F)(F)C(F)(F)C(F)(F)C(F)(F)C(F)(F)F)C(F)(F)C(F)(F)F. The van der Waals surface area contributed by atoms with Crippen LogP contribution in [-0.2, 0) is 13.3 Å². The maximum absolute atomic E-state index is 14.1. The van der Waals surface area contributed by atoms with E-state index in [1.807, 2.05) is 0 Å². The normalized spacial score (nSPS) is 17.2. The zero-order chi connectivity index (χ0) is 51.6. The summed E-state index contributed by atoms with van der Waals surface area (Å²) in [4.78, 5) is 0. The monoisotopic (exact) mass is 1050 g/mol. The molecule has 62 heavy (non-hydrogen) atoms. The topological polar surface area (TPSA) is 27.7 Å². The van der Waals surface area contributed by atoms with Crippen molar-refractivity contribution in [3.63, 3.8) is 0 Å².